The Labute approximate surface area is 172 Å². The number of amides is 1. The maximum atomic E-state index is 12.5. The molecule has 1 amide bonds. The molecule has 0 heterocycles. The summed E-state index contributed by atoms with van der Waals surface area (Å²) in [6, 6.07) is 11.5. The van der Waals surface area contributed by atoms with Crippen molar-refractivity contribution in [2.75, 3.05) is 33.9 Å². The van der Waals surface area contributed by atoms with E-state index in [4.69, 9.17) is 9.47 Å². The van der Waals surface area contributed by atoms with Crippen LogP contribution in [0.5, 0.6) is 11.5 Å². The van der Waals surface area contributed by atoms with Crippen molar-refractivity contribution < 1.29 is 22.7 Å². The summed E-state index contributed by atoms with van der Waals surface area (Å²) in [6.07, 6.45) is 0.498. The molecule has 2 aromatic rings. The number of hydrogen-bond donors (Lipinski definition) is 1. The highest BCUT2D eigenvalue weighted by atomic mass is 32.2. The first-order chi connectivity index (χ1) is 13.9. The average molecular weight is 421 g/mol. The van der Waals surface area contributed by atoms with Gasteiger partial charge >= 0.3 is 0 Å². The second kappa shape index (κ2) is 10.3. The van der Waals surface area contributed by atoms with Crippen LogP contribution in [0.3, 0.4) is 0 Å². The summed E-state index contributed by atoms with van der Waals surface area (Å²) in [5.74, 6) is 1.11. The molecule has 2 aromatic carbocycles. The van der Waals surface area contributed by atoms with Gasteiger partial charge in [0.25, 0.3) is 5.91 Å². The third-order valence-electron chi connectivity index (χ3n) is 4.62. The molecular weight excluding hydrogens is 392 g/mol. The minimum atomic E-state index is -3.66. The van der Waals surface area contributed by atoms with Crippen molar-refractivity contribution in [1.82, 2.24) is 9.62 Å². The van der Waals surface area contributed by atoms with Crippen LogP contribution in [0.1, 0.15) is 29.8 Å². The molecule has 0 aliphatic heterocycles. The van der Waals surface area contributed by atoms with Crippen LogP contribution in [0.2, 0.25) is 0 Å². The van der Waals surface area contributed by atoms with Crippen molar-refractivity contribution in [3.8, 4) is 11.5 Å². The number of hydrogen-bond acceptors (Lipinski definition) is 5. The number of methoxy groups -OCH3 is 2. The number of carbonyl (C=O) groups is 1. The van der Waals surface area contributed by atoms with E-state index in [0.29, 0.717) is 36.6 Å². The zero-order chi connectivity index (χ0) is 21.4. The summed E-state index contributed by atoms with van der Waals surface area (Å²) in [7, 11) is -0.547. The van der Waals surface area contributed by atoms with Crippen molar-refractivity contribution in [3.05, 3.63) is 53.6 Å². The first kappa shape index (κ1) is 22.7. The average Bonchev–Trinajstić information content (AvgIpc) is 2.74. The number of carbonyl (C=O) groups excluding carboxylic acids is 1. The quantitative estimate of drug-likeness (QED) is 0.639. The predicted molar refractivity (Wildman–Crippen MR) is 112 cm³/mol. The van der Waals surface area contributed by atoms with Gasteiger partial charge < -0.3 is 14.4 Å². The summed E-state index contributed by atoms with van der Waals surface area (Å²) in [4.78, 5) is 14.1. The Hall–Kier alpha value is -2.58. The molecule has 0 saturated carbocycles. The van der Waals surface area contributed by atoms with Gasteiger partial charge in [0.2, 0.25) is 10.0 Å². The van der Waals surface area contributed by atoms with Crippen LogP contribution < -0.4 is 14.2 Å². The van der Waals surface area contributed by atoms with Crippen molar-refractivity contribution in [2.24, 2.45) is 0 Å². The van der Waals surface area contributed by atoms with Crippen molar-refractivity contribution in [3.63, 3.8) is 0 Å². The van der Waals surface area contributed by atoms with Gasteiger partial charge in [-0.25, -0.2) is 13.1 Å². The highest BCUT2D eigenvalue weighted by Gasteiger charge is 2.17. The zero-order valence-corrected chi connectivity index (χ0v) is 18.1. The summed E-state index contributed by atoms with van der Waals surface area (Å²) < 4.78 is 38.1. The SMILES string of the molecule is CCN(CC)C(=O)c1ccc(S(=O)(=O)NCCc2ccc(OC)c(OC)c2)cc1. The smallest absolute Gasteiger partial charge is 0.253 e. The molecule has 0 radical (unpaired) electrons. The molecule has 0 spiro atoms. The molecule has 0 unspecified atom stereocenters. The van der Waals surface area contributed by atoms with Crippen LogP contribution in [-0.4, -0.2) is 53.1 Å². The number of rotatable bonds is 10. The lowest BCUT2D eigenvalue weighted by Crippen LogP contribution is -2.30. The van der Waals surface area contributed by atoms with Gasteiger partial charge in [0, 0.05) is 25.2 Å². The van der Waals surface area contributed by atoms with Gasteiger partial charge in [0.05, 0.1) is 19.1 Å². The van der Waals surface area contributed by atoms with E-state index in [9.17, 15) is 13.2 Å². The monoisotopic (exact) mass is 420 g/mol. The van der Waals surface area contributed by atoms with Gasteiger partial charge in [-0.3, -0.25) is 4.79 Å². The first-order valence-corrected chi connectivity index (χ1v) is 10.9. The Bertz CT molecular complexity index is 923. The highest BCUT2D eigenvalue weighted by Crippen LogP contribution is 2.27. The number of nitrogens with zero attached hydrogens (tertiary/aromatic N) is 1. The molecule has 0 atom stereocenters. The van der Waals surface area contributed by atoms with Crippen LogP contribution in [0.15, 0.2) is 47.4 Å². The number of benzene rings is 2. The zero-order valence-electron chi connectivity index (χ0n) is 17.3. The Balaban J connectivity index is 2.02. The molecule has 2 rings (SSSR count). The van der Waals surface area contributed by atoms with E-state index in [1.165, 1.54) is 12.1 Å². The van der Waals surface area contributed by atoms with Gasteiger partial charge in [0.1, 0.15) is 0 Å². The molecule has 1 N–H and O–H groups in total. The van der Waals surface area contributed by atoms with Crippen molar-refractivity contribution >= 4 is 15.9 Å². The molecule has 0 fully saturated rings. The van der Waals surface area contributed by atoms with Gasteiger partial charge in [0.15, 0.2) is 11.5 Å². The van der Waals surface area contributed by atoms with E-state index < -0.39 is 10.0 Å². The minimum Gasteiger partial charge on any atom is -0.493 e. The number of nitrogens with one attached hydrogen (secondary N) is 1. The fraction of sp³-hybridized carbons (Fsp3) is 0.381. The molecule has 8 heteroatoms. The van der Waals surface area contributed by atoms with Gasteiger partial charge in [-0.05, 0) is 62.2 Å². The largest absolute Gasteiger partial charge is 0.493 e. The van der Waals surface area contributed by atoms with Gasteiger partial charge in [-0.2, -0.15) is 0 Å². The molecular formula is C21H28N2O5S. The van der Waals surface area contributed by atoms with Crippen LogP contribution in [-0.2, 0) is 16.4 Å². The van der Waals surface area contributed by atoms with Crippen LogP contribution >= 0.6 is 0 Å². The third-order valence-corrected chi connectivity index (χ3v) is 6.09. The second-order valence-corrected chi connectivity index (χ2v) is 8.11. The van der Waals surface area contributed by atoms with Gasteiger partial charge in [-0.15, -0.1) is 0 Å². The standard InChI is InChI=1S/C21H28N2O5S/c1-5-23(6-2)21(24)17-8-10-18(11-9-17)29(25,26)22-14-13-16-7-12-19(27-3)20(15-16)28-4/h7-12,15,22H,5-6,13-14H2,1-4H3. The van der Waals surface area contributed by atoms with Crippen LogP contribution in [0.25, 0.3) is 0 Å². The van der Waals surface area contributed by atoms with Gasteiger partial charge in [-0.1, -0.05) is 6.07 Å². The van der Waals surface area contributed by atoms with E-state index in [1.807, 2.05) is 26.0 Å². The molecule has 7 nitrogen and oxygen atoms in total. The molecule has 0 aliphatic carbocycles. The molecule has 0 aromatic heterocycles. The lowest BCUT2D eigenvalue weighted by molar-refractivity contribution is 0.0773. The van der Waals surface area contributed by atoms with E-state index >= 15 is 0 Å². The Morgan fingerprint density at radius 3 is 2.14 bits per heavy atom. The number of ether oxygens (including phenoxy) is 2. The lowest BCUT2D eigenvalue weighted by Gasteiger charge is -2.18. The van der Waals surface area contributed by atoms with Crippen LogP contribution in [0, 0.1) is 0 Å². The number of sulfonamides is 1. The third kappa shape index (κ3) is 5.71. The minimum absolute atomic E-state index is 0.111. The molecule has 158 valence electrons. The maximum absolute atomic E-state index is 12.5. The van der Waals surface area contributed by atoms with Crippen molar-refractivity contribution in [2.45, 2.75) is 25.2 Å². The molecule has 0 bridgehead atoms. The van der Waals surface area contributed by atoms with E-state index in [1.54, 1.807) is 37.3 Å². The normalized spacial score (nSPS) is 11.2. The Morgan fingerprint density at radius 1 is 0.966 bits per heavy atom. The Kier molecular flexibility index (Phi) is 8.04. The van der Waals surface area contributed by atoms with Crippen molar-refractivity contribution in [1.29, 1.82) is 0 Å². The lowest BCUT2D eigenvalue weighted by atomic mass is 10.1. The summed E-state index contributed by atoms with van der Waals surface area (Å²) >= 11 is 0. The fourth-order valence-electron chi connectivity index (χ4n) is 2.92. The fourth-order valence-corrected chi connectivity index (χ4v) is 3.95. The maximum Gasteiger partial charge on any atom is 0.253 e. The first-order valence-electron chi connectivity index (χ1n) is 9.46. The summed E-state index contributed by atoms with van der Waals surface area (Å²) in [5, 5.41) is 0. The summed E-state index contributed by atoms with van der Waals surface area (Å²) in [5.41, 5.74) is 1.39. The Morgan fingerprint density at radius 2 is 1.59 bits per heavy atom. The van der Waals surface area contributed by atoms with Crippen LogP contribution in [0.4, 0.5) is 0 Å². The molecule has 0 aliphatic rings. The van der Waals surface area contributed by atoms with E-state index in [-0.39, 0.29) is 17.3 Å². The molecule has 0 saturated heterocycles. The van der Waals surface area contributed by atoms with E-state index in [0.717, 1.165) is 5.56 Å². The topological polar surface area (TPSA) is 84.9 Å². The second-order valence-electron chi connectivity index (χ2n) is 6.34. The molecule has 29 heavy (non-hydrogen) atoms. The highest BCUT2D eigenvalue weighted by molar-refractivity contribution is 7.89. The summed E-state index contributed by atoms with van der Waals surface area (Å²) in [6.45, 7) is 5.25. The van der Waals surface area contributed by atoms with E-state index in [2.05, 4.69) is 4.72 Å². The predicted octanol–water partition coefficient (Wildman–Crippen LogP) is 2.71.